The van der Waals surface area contributed by atoms with Crippen LogP contribution in [0.5, 0.6) is 0 Å². The van der Waals surface area contributed by atoms with Crippen LogP contribution < -0.4 is 5.73 Å². The largest absolute Gasteiger partial charge is 0.344 e. The second kappa shape index (κ2) is 6.71. The fourth-order valence-electron chi connectivity index (χ4n) is 3.60. The first-order chi connectivity index (χ1) is 9.11. The molecule has 1 amide bonds. The molecule has 0 spiro atoms. The van der Waals surface area contributed by atoms with E-state index in [-0.39, 0.29) is 5.92 Å². The van der Waals surface area contributed by atoms with Crippen molar-refractivity contribution in [3.05, 3.63) is 0 Å². The Bertz CT molecular complexity index is 300. The minimum atomic E-state index is 0.223. The maximum Gasteiger partial charge on any atom is 0.225 e. The fourth-order valence-corrected chi connectivity index (χ4v) is 3.60. The van der Waals surface area contributed by atoms with Gasteiger partial charge in [-0.2, -0.15) is 0 Å². The summed E-state index contributed by atoms with van der Waals surface area (Å²) in [5.41, 5.74) is 5.91. The number of likely N-dealkylation sites (tertiary alicyclic amines) is 1. The molecule has 1 saturated heterocycles. The number of likely N-dealkylation sites (N-methyl/N-ethyl adjacent to an activating group) is 2. The van der Waals surface area contributed by atoms with Gasteiger partial charge in [-0.1, -0.05) is 6.92 Å². The van der Waals surface area contributed by atoms with Gasteiger partial charge in [0, 0.05) is 31.6 Å². The number of nitrogens with two attached hydrogens (primary N) is 1. The molecular formula is C15H29N3O. The summed E-state index contributed by atoms with van der Waals surface area (Å²) < 4.78 is 0. The first-order valence-electron chi connectivity index (χ1n) is 7.86. The lowest BCUT2D eigenvalue weighted by molar-refractivity contribution is -0.135. The molecule has 2 aliphatic rings. The van der Waals surface area contributed by atoms with Crippen LogP contribution >= 0.6 is 0 Å². The van der Waals surface area contributed by atoms with E-state index in [4.69, 9.17) is 5.73 Å². The second-order valence-electron chi connectivity index (χ2n) is 6.26. The average molecular weight is 267 g/mol. The Morgan fingerprint density at radius 1 is 1.26 bits per heavy atom. The van der Waals surface area contributed by atoms with Crippen molar-refractivity contribution in [1.82, 2.24) is 9.80 Å². The first-order valence-corrected chi connectivity index (χ1v) is 7.86. The van der Waals surface area contributed by atoms with Crippen molar-refractivity contribution in [3.8, 4) is 0 Å². The monoisotopic (exact) mass is 267 g/mol. The van der Waals surface area contributed by atoms with E-state index in [9.17, 15) is 4.79 Å². The van der Waals surface area contributed by atoms with Crippen molar-refractivity contribution < 1.29 is 4.79 Å². The van der Waals surface area contributed by atoms with Crippen LogP contribution in [0.2, 0.25) is 0 Å². The third-order valence-corrected chi connectivity index (χ3v) is 4.89. The van der Waals surface area contributed by atoms with Gasteiger partial charge in [0.15, 0.2) is 0 Å². The van der Waals surface area contributed by atoms with Crippen molar-refractivity contribution in [2.75, 3.05) is 26.7 Å². The number of amides is 1. The summed E-state index contributed by atoms with van der Waals surface area (Å²) in [7, 11) is 1.98. The molecule has 0 bridgehead atoms. The molecule has 0 radical (unpaired) electrons. The van der Waals surface area contributed by atoms with Crippen molar-refractivity contribution >= 4 is 5.91 Å². The Morgan fingerprint density at radius 3 is 2.58 bits per heavy atom. The van der Waals surface area contributed by atoms with Gasteiger partial charge in [0.05, 0.1) is 0 Å². The van der Waals surface area contributed by atoms with Crippen LogP contribution in [0.1, 0.15) is 45.4 Å². The Morgan fingerprint density at radius 2 is 1.95 bits per heavy atom. The topological polar surface area (TPSA) is 49.6 Å². The van der Waals surface area contributed by atoms with Gasteiger partial charge >= 0.3 is 0 Å². The Hall–Kier alpha value is -0.610. The molecule has 19 heavy (non-hydrogen) atoms. The van der Waals surface area contributed by atoms with Gasteiger partial charge in [0.1, 0.15) is 0 Å². The van der Waals surface area contributed by atoms with Crippen molar-refractivity contribution in [2.45, 2.75) is 57.5 Å². The highest BCUT2D eigenvalue weighted by Crippen LogP contribution is 2.25. The minimum Gasteiger partial charge on any atom is -0.344 e. The van der Waals surface area contributed by atoms with E-state index >= 15 is 0 Å². The summed E-state index contributed by atoms with van der Waals surface area (Å²) in [5, 5.41) is 0. The molecule has 1 aliphatic carbocycles. The number of nitrogens with zero attached hydrogens (tertiary/aromatic N) is 2. The molecule has 1 saturated carbocycles. The standard InChI is InChI=1S/C15H29N3O/c1-3-18-10-4-5-14(18)11-17(2)15(19)12-6-8-13(16)9-7-12/h12-14H,3-11,16H2,1-2H3. The van der Waals surface area contributed by atoms with Crippen molar-refractivity contribution in [1.29, 1.82) is 0 Å². The summed E-state index contributed by atoms with van der Waals surface area (Å²) in [6.45, 7) is 5.41. The quantitative estimate of drug-likeness (QED) is 0.838. The lowest BCUT2D eigenvalue weighted by Gasteiger charge is -2.32. The molecule has 4 nitrogen and oxygen atoms in total. The number of carbonyl (C=O) groups excluding carboxylic acids is 1. The van der Waals surface area contributed by atoms with E-state index in [0.717, 1.165) is 38.8 Å². The van der Waals surface area contributed by atoms with E-state index in [2.05, 4.69) is 11.8 Å². The van der Waals surface area contributed by atoms with E-state index < -0.39 is 0 Å². The molecule has 1 aliphatic heterocycles. The molecule has 0 aromatic heterocycles. The van der Waals surface area contributed by atoms with Crippen LogP contribution in [-0.2, 0) is 4.79 Å². The predicted octanol–water partition coefficient (Wildman–Crippen LogP) is 1.45. The highest BCUT2D eigenvalue weighted by atomic mass is 16.2. The normalized spacial score (nSPS) is 32.5. The van der Waals surface area contributed by atoms with Gasteiger partial charge in [0.25, 0.3) is 0 Å². The van der Waals surface area contributed by atoms with Crippen LogP contribution in [0, 0.1) is 5.92 Å². The van der Waals surface area contributed by atoms with Crippen LogP contribution in [0.15, 0.2) is 0 Å². The van der Waals surface area contributed by atoms with E-state index in [1.807, 2.05) is 11.9 Å². The predicted molar refractivity (Wildman–Crippen MR) is 77.8 cm³/mol. The number of hydrogen-bond donors (Lipinski definition) is 1. The van der Waals surface area contributed by atoms with Gasteiger partial charge in [-0.15, -0.1) is 0 Å². The number of rotatable bonds is 4. The zero-order chi connectivity index (χ0) is 13.8. The highest BCUT2D eigenvalue weighted by Gasteiger charge is 2.30. The maximum absolute atomic E-state index is 12.5. The van der Waals surface area contributed by atoms with Gasteiger partial charge in [-0.05, 0) is 51.6 Å². The fraction of sp³-hybridized carbons (Fsp3) is 0.933. The first kappa shape index (κ1) is 14.8. The minimum absolute atomic E-state index is 0.223. The molecule has 1 atom stereocenters. The van der Waals surface area contributed by atoms with E-state index in [1.54, 1.807) is 0 Å². The molecule has 4 heteroatoms. The summed E-state index contributed by atoms with van der Waals surface area (Å²) >= 11 is 0. The SMILES string of the molecule is CCN1CCCC1CN(C)C(=O)C1CCC(N)CC1. The van der Waals surface area contributed by atoms with Gasteiger partial charge in [-0.3, -0.25) is 9.69 Å². The summed E-state index contributed by atoms with van der Waals surface area (Å²) in [5.74, 6) is 0.566. The molecule has 0 aromatic carbocycles. The zero-order valence-electron chi connectivity index (χ0n) is 12.5. The van der Waals surface area contributed by atoms with E-state index in [1.165, 1.54) is 19.4 Å². The lowest BCUT2D eigenvalue weighted by Crippen LogP contribution is -2.44. The summed E-state index contributed by atoms with van der Waals surface area (Å²) in [4.78, 5) is 16.9. The van der Waals surface area contributed by atoms with Crippen molar-refractivity contribution in [2.24, 2.45) is 11.7 Å². The smallest absolute Gasteiger partial charge is 0.225 e. The van der Waals surface area contributed by atoms with Gasteiger partial charge in [-0.25, -0.2) is 0 Å². The lowest BCUT2D eigenvalue weighted by atomic mass is 9.85. The van der Waals surface area contributed by atoms with Gasteiger partial charge in [0.2, 0.25) is 5.91 Å². The number of carbonyl (C=O) groups is 1. The second-order valence-corrected chi connectivity index (χ2v) is 6.26. The maximum atomic E-state index is 12.5. The highest BCUT2D eigenvalue weighted by molar-refractivity contribution is 5.78. The number of hydrogen-bond acceptors (Lipinski definition) is 3. The summed E-state index contributed by atoms with van der Waals surface area (Å²) in [6.07, 6.45) is 6.49. The third kappa shape index (κ3) is 3.69. The van der Waals surface area contributed by atoms with E-state index in [0.29, 0.717) is 18.0 Å². The van der Waals surface area contributed by atoms with Crippen molar-refractivity contribution in [3.63, 3.8) is 0 Å². The Balaban J connectivity index is 1.82. The summed E-state index contributed by atoms with van der Waals surface area (Å²) in [6, 6.07) is 0.893. The van der Waals surface area contributed by atoms with Crippen LogP contribution in [0.25, 0.3) is 0 Å². The molecule has 2 N–H and O–H groups in total. The molecule has 110 valence electrons. The average Bonchev–Trinajstić information content (AvgIpc) is 2.86. The zero-order valence-corrected chi connectivity index (χ0v) is 12.5. The molecular weight excluding hydrogens is 238 g/mol. The molecule has 1 unspecified atom stereocenters. The molecule has 2 fully saturated rings. The van der Waals surface area contributed by atoms with Crippen LogP contribution in [0.4, 0.5) is 0 Å². The Kier molecular flexibility index (Phi) is 5.22. The molecule has 2 rings (SSSR count). The Labute approximate surface area is 117 Å². The van der Waals surface area contributed by atoms with Crippen LogP contribution in [-0.4, -0.2) is 54.5 Å². The van der Waals surface area contributed by atoms with Gasteiger partial charge < -0.3 is 10.6 Å². The molecule has 1 heterocycles. The molecule has 0 aromatic rings. The third-order valence-electron chi connectivity index (χ3n) is 4.89. The van der Waals surface area contributed by atoms with Crippen LogP contribution in [0.3, 0.4) is 0 Å².